The van der Waals surface area contributed by atoms with E-state index in [1.165, 1.54) is 6.82 Å². The molecule has 0 unspecified atom stereocenters. The second kappa shape index (κ2) is 6.68. The Bertz CT molecular complexity index is 710. The molecule has 2 aliphatic heterocycles. The predicted octanol–water partition coefficient (Wildman–Crippen LogP) is 3.61. The molecule has 0 saturated heterocycles. The van der Waals surface area contributed by atoms with Crippen LogP contribution in [0.2, 0.25) is 12.1 Å². The number of fused-ring (bicyclic) bond motifs is 1. The van der Waals surface area contributed by atoms with Crippen LogP contribution >= 0.6 is 23.8 Å². The number of hydrogen-bond donors (Lipinski definition) is 0. The molecule has 1 aromatic rings. The van der Waals surface area contributed by atoms with Crippen molar-refractivity contribution < 1.29 is 4.42 Å². The summed E-state index contributed by atoms with van der Waals surface area (Å²) in [6, 6.07) is 5.64. The Kier molecular flexibility index (Phi) is 4.92. The van der Waals surface area contributed by atoms with E-state index in [0.29, 0.717) is 11.3 Å². The number of hydrogen-bond acceptors (Lipinski definition) is 4. The monoisotopic (exact) mass is 303 g/mol. The number of halogens is 1. The highest BCUT2D eigenvalue weighted by Gasteiger charge is 2.10. The van der Waals surface area contributed by atoms with Gasteiger partial charge >= 0.3 is 0 Å². The summed E-state index contributed by atoms with van der Waals surface area (Å²) in [5.74, 6) is 0.775. The first-order chi connectivity index (χ1) is 9.72. The van der Waals surface area contributed by atoms with Gasteiger partial charge in [-0.3, -0.25) is 0 Å². The van der Waals surface area contributed by atoms with Gasteiger partial charge in [0.2, 0.25) is 5.28 Å². The second-order valence-corrected chi connectivity index (χ2v) is 4.55. The summed E-state index contributed by atoms with van der Waals surface area (Å²) < 4.78 is 7.92. The standard InChI is InChI=1S/C12H8ClN3OS.CH3B/c13-12-14-5-8(6-15-12)7-16-3-1-2-10-9(16)4-11(18)17-10;1-2/h1-6H,7H2;1H3. The van der Waals surface area contributed by atoms with Gasteiger partial charge in [-0.1, -0.05) is 6.82 Å². The summed E-state index contributed by atoms with van der Waals surface area (Å²) >= 11 is 10.7. The topological polar surface area (TPSA) is 43.9 Å². The van der Waals surface area contributed by atoms with Gasteiger partial charge in [-0.25, -0.2) is 9.97 Å². The normalized spacial score (nSPS) is 10.1. The average Bonchev–Trinajstić information content (AvgIpc) is 2.85. The molecule has 3 heterocycles. The minimum atomic E-state index is 0.248. The maximum absolute atomic E-state index is 5.66. The maximum atomic E-state index is 5.66. The molecular weight excluding hydrogens is 292 g/mol. The molecule has 3 rings (SSSR count). The van der Waals surface area contributed by atoms with Crippen molar-refractivity contribution in [2.24, 2.45) is 0 Å². The first-order valence-corrected chi connectivity index (χ1v) is 6.64. The number of aromatic nitrogens is 3. The van der Waals surface area contributed by atoms with Crippen LogP contribution in [0.25, 0.3) is 11.5 Å². The summed E-state index contributed by atoms with van der Waals surface area (Å²) in [5, 5.41) is 0.248. The van der Waals surface area contributed by atoms with Crippen LogP contribution in [0, 0.1) is 4.71 Å². The summed E-state index contributed by atoms with van der Waals surface area (Å²) in [6.07, 6.45) is 5.37. The first-order valence-electron chi connectivity index (χ1n) is 5.85. The third-order valence-electron chi connectivity index (χ3n) is 2.57. The van der Waals surface area contributed by atoms with Gasteiger partial charge in [0.15, 0.2) is 10.5 Å². The quantitative estimate of drug-likeness (QED) is 0.412. The molecule has 2 radical (unpaired) electrons. The molecule has 0 aliphatic carbocycles. The predicted molar refractivity (Wildman–Crippen MR) is 81.9 cm³/mol. The first kappa shape index (κ1) is 14.7. The van der Waals surface area contributed by atoms with E-state index in [1.807, 2.05) is 29.0 Å². The molecular formula is C13H11BClN3OS. The van der Waals surface area contributed by atoms with Crippen molar-refractivity contribution in [3.8, 4) is 11.5 Å². The molecule has 0 aromatic carbocycles. The summed E-state index contributed by atoms with van der Waals surface area (Å²) in [7, 11) is 4.50. The maximum Gasteiger partial charge on any atom is 0.222 e. The minimum Gasteiger partial charge on any atom is -0.444 e. The summed E-state index contributed by atoms with van der Waals surface area (Å²) in [6.45, 7) is 2.14. The highest BCUT2D eigenvalue weighted by molar-refractivity contribution is 7.71. The van der Waals surface area contributed by atoms with Crippen molar-refractivity contribution >= 4 is 31.7 Å². The Balaban J connectivity index is 0.000000704. The lowest BCUT2D eigenvalue weighted by Crippen LogP contribution is -2.03. The lowest BCUT2D eigenvalue weighted by Gasteiger charge is -2.10. The van der Waals surface area contributed by atoms with Crippen LogP contribution in [-0.2, 0) is 6.54 Å². The third-order valence-corrected chi connectivity index (χ3v) is 2.96. The Morgan fingerprint density at radius 3 is 2.75 bits per heavy atom. The molecule has 0 saturated carbocycles. The summed E-state index contributed by atoms with van der Waals surface area (Å²) in [4.78, 5) is 7.92. The molecule has 4 nitrogen and oxygen atoms in total. The Hall–Kier alpha value is -1.66. The van der Waals surface area contributed by atoms with E-state index in [9.17, 15) is 0 Å². The highest BCUT2D eigenvalue weighted by Crippen LogP contribution is 2.24. The van der Waals surface area contributed by atoms with Gasteiger partial charge in [0.05, 0.1) is 20.1 Å². The van der Waals surface area contributed by atoms with Gasteiger partial charge in [-0.2, -0.15) is 0 Å². The van der Waals surface area contributed by atoms with Gasteiger partial charge in [-0.05, 0) is 36.0 Å². The number of pyridine rings is 1. The fraction of sp³-hybridized carbons (Fsp3) is 0.154. The molecule has 1 aromatic heterocycles. The smallest absolute Gasteiger partial charge is 0.222 e. The van der Waals surface area contributed by atoms with Crippen LogP contribution in [0.15, 0.2) is 41.2 Å². The molecule has 0 amide bonds. The Morgan fingerprint density at radius 2 is 2.05 bits per heavy atom. The zero-order valence-electron chi connectivity index (χ0n) is 10.8. The zero-order valence-corrected chi connectivity index (χ0v) is 12.4. The van der Waals surface area contributed by atoms with Gasteiger partial charge in [0.1, 0.15) is 0 Å². The molecule has 0 N–H and O–H groups in total. The summed E-state index contributed by atoms with van der Waals surface area (Å²) in [5.41, 5.74) is 1.92. The fourth-order valence-corrected chi connectivity index (χ4v) is 2.09. The van der Waals surface area contributed by atoms with Crippen LogP contribution in [0.4, 0.5) is 0 Å². The van der Waals surface area contributed by atoms with E-state index in [-0.39, 0.29) is 5.28 Å². The molecule has 20 heavy (non-hydrogen) atoms. The lowest BCUT2D eigenvalue weighted by atomic mass is 10.2. The van der Waals surface area contributed by atoms with Crippen molar-refractivity contribution in [3.63, 3.8) is 0 Å². The third kappa shape index (κ3) is 3.26. The van der Waals surface area contributed by atoms with Crippen LogP contribution < -0.4 is 0 Å². The van der Waals surface area contributed by atoms with Crippen molar-refractivity contribution in [2.45, 2.75) is 13.4 Å². The minimum absolute atomic E-state index is 0.248. The van der Waals surface area contributed by atoms with E-state index in [0.717, 1.165) is 17.0 Å². The van der Waals surface area contributed by atoms with Gasteiger partial charge in [0, 0.05) is 30.2 Å². The van der Waals surface area contributed by atoms with Crippen LogP contribution in [0.3, 0.4) is 0 Å². The van der Waals surface area contributed by atoms with Crippen molar-refractivity contribution in [1.29, 1.82) is 0 Å². The molecule has 7 heteroatoms. The van der Waals surface area contributed by atoms with Crippen molar-refractivity contribution in [3.05, 3.63) is 52.3 Å². The van der Waals surface area contributed by atoms with Crippen molar-refractivity contribution in [1.82, 2.24) is 14.5 Å². The zero-order chi connectivity index (χ0) is 14.5. The van der Waals surface area contributed by atoms with E-state index in [1.54, 1.807) is 12.4 Å². The molecule has 100 valence electrons. The molecule has 0 fully saturated rings. The number of rotatable bonds is 2. The average molecular weight is 304 g/mol. The van der Waals surface area contributed by atoms with Gasteiger partial charge in [-0.15, -0.1) is 0 Å². The van der Waals surface area contributed by atoms with E-state index < -0.39 is 0 Å². The molecule has 0 atom stereocenters. The number of furan rings is 1. The highest BCUT2D eigenvalue weighted by atomic mass is 35.5. The Labute approximate surface area is 128 Å². The number of nitrogens with zero attached hydrogens (tertiary/aromatic N) is 3. The van der Waals surface area contributed by atoms with Crippen LogP contribution in [0.1, 0.15) is 5.56 Å². The SMILES string of the molecule is S=c1cc2n(Cc3cnc(Cl)nc3)cccc-2o1.[B]C. The van der Waals surface area contributed by atoms with Gasteiger partial charge < -0.3 is 8.98 Å². The lowest BCUT2D eigenvalue weighted by molar-refractivity contribution is 0.562. The largest absolute Gasteiger partial charge is 0.444 e. The molecule has 2 aliphatic rings. The Morgan fingerprint density at radius 1 is 1.35 bits per heavy atom. The second-order valence-electron chi connectivity index (χ2n) is 3.81. The van der Waals surface area contributed by atoms with E-state index >= 15 is 0 Å². The fourth-order valence-electron chi connectivity index (χ4n) is 1.79. The van der Waals surface area contributed by atoms with Crippen LogP contribution in [0.5, 0.6) is 0 Å². The van der Waals surface area contributed by atoms with Crippen molar-refractivity contribution in [2.75, 3.05) is 0 Å². The van der Waals surface area contributed by atoms with E-state index in [4.69, 9.17) is 28.2 Å². The van der Waals surface area contributed by atoms with Crippen LogP contribution in [-0.4, -0.2) is 22.4 Å². The van der Waals surface area contributed by atoms with Gasteiger partial charge in [0.25, 0.3) is 0 Å². The molecule has 0 spiro atoms. The van der Waals surface area contributed by atoms with E-state index in [2.05, 4.69) is 17.8 Å². The molecule has 0 bridgehead atoms.